The zero-order chi connectivity index (χ0) is 23.0. The Balaban J connectivity index is 1.48. The van der Waals surface area contributed by atoms with Gasteiger partial charge in [0.05, 0.1) is 5.54 Å². The number of amides is 1. The molecular formula is C29H22ClNO2. The van der Waals surface area contributed by atoms with Crippen LogP contribution < -0.4 is 0 Å². The summed E-state index contributed by atoms with van der Waals surface area (Å²) >= 11 is 6.14. The minimum atomic E-state index is -0.628. The van der Waals surface area contributed by atoms with E-state index in [0.29, 0.717) is 28.3 Å². The first-order valence-corrected chi connectivity index (χ1v) is 11.2. The largest absolute Gasteiger partial charge is 0.321 e. The molecule has 0 aliphatic carbocycles. The third-order valence-corrected chi connectivity index (χ3v) is 6.72. The maximum absolute atomic E-state index is 13.5. The number of halogens is 1. The molecule has 4 aromatic carbocycles. The van der Waals surface area contributed by atoms with E-state index >= 15 is 0 Å². The predicted molar refractivity (Wildman–Crippen MR) is 131 cm³/mol. The fourth-order valence-electron chi connectivity index (χ4n) is 4.60. The molecule has 1 aliphatic heterocycles. The van der Waals surface area contributed by atoms with Gasteiger partial charge in [0.15, 0.2) is 5.78 Å². The first-order chi connectivity index (χ1) is 16.0. The van der Waals surface area contributed by atoms with Crippen LogP contribution in [0.5, 0.6) is 0 Å². The molecule has 0 saturated carbocycles. The van der Waals surface area contributed by atoms with Gasteiger partial charge in [-0.3, -0.25) is 9.59 Å². The molecule has 1 heterocycles. The van der Waals surface area contributed by atoms with Crippen molar-refractivity contribution >= 4 is 23.3 Å². The van der Waals surface area contributed by atoms with Gasteiger partial charge in [-0.2, -0.15) is 0 Å². The van der Waals surface area contributed by atoms with E-state index in [1.54, 1.807) is 0 Å². The van der Waals surface area contributed by atoms with E-state index in [4.69, 9.17) is 11.6 Å². The van der Waals surface area contributed by atoms with E-state index in [0.717, 1.165) is 16.7 Å². The van der Waals surface area contributed by atoms with Gasteiger partial charge in [0.1, 0.15) is 0 Å². The molecule has 33 heavy (non-hydrogen) atoms. The van der Waals surface area contributed by atoms with Crippen LogP contribution in [0.2, 0.25) is 5.02 Å². The second kappa shape index (κ2) is 8.34. The van der Waals surface area contributed by atoms with Crippen LogP contribution in [0.4, 0.5) is 0 Å². The fourth-order valence-corrected chi connectivity index (χ4v) is 4.73. The first kappa shape index (κ1) is 21.2. The van der Waals surface area contributed by atoms with Crippen molar-refractivity contribution in [1.82, 2.24) is 4.90 Å². The van der Waals surface area contributed by atoms with Crippen LogP contribution in [0, 0.1) is 0 Å². The van der Waals surface area contributed by atoms with Gasteiger partial charge >= 0.3 is 0 Å². The maximum atomic E-state index is 13.5. The quantitative estimate of drug-likeness (QED) is 0.325. The van der Waals surface area contributed by atoms with Crippen molar-refractivity contribution in [1.29, 1.82) is 0 Å². The Hall–Kier alpha value is -3.69. The third kappa shape index (κ3) is 3.65. The Morgan fingerprint density at radius 1 is 0.788 bits per heavy atom. The minimum absolute atomic E-state index is 0.00696. The van der Waals surface area contributed by atoms with E-state index in [9.17, 15) is 9.59 Å². The number of ketones is 1. The van der Waals surface area contributed by atoms with E-state index < -0.39 is 5.54 Å². The maximum Gasteiger partial charge on any atom is 0.255 e. The highest BCUT2D eigenvalue weighted by atomic mass is 35.5. The van der Waals surface area contributed by atoms with Crippen LogP contribution in [-0.2, 0) is 12.1 Å². The predicted octanol–water partition coefficient (Wildman–Crippen LogP) is 6.49. The van der Waals surface area contributed by atoms with E-state index in [2.05, 4.69) is 6.92 Å². The molecule has 1 atom stereocenters. The molecule has 1 amide bonds. The summed E-state index contributed by atoms with van der Waals surface area (Å²) in [5.41, 5.74) is 4.31. The monoisotopic (exact) mass is 451 g/mol. The summed E-state index contributed by atoms with van der Waals surface area (Å²) < 4.78 is 0. The molecule has 4 heteroatoms. The lowest BCUT2D eigenvalue weighted by molar-refractivity contribution is 0.0629. The summed E-state index contributed by atoms with van der Waals surface area (Å²) in [6.45, 7) is 2.50. The number of hydrogen-bond donors (Lipinski definition) is 0. The highest BCUT2D eigenvalue weighted by Gasteiger charge is 2.47. The molecule has 3 nitrogen and oxygen atoms in total. The molecule has 4 aromatic rings. The molecule has 5 rings (SSSR count). The van der Waals surface area contributed by atoms with Crippen molar-refractivity contribution < 1.29 is 9.59 Å². The van der Waals surface area contributed by atoms with Crippen LogP contribution in [0.15, 0.2) is 103 Å². The molecule has 0 N–H and O–H groups in total. The molecule has 0 spiro atoms. The number of nitrogens with zero attached hydrogens (tertiary/aromatic N) is 1. The number of benzene rings is 4. The summed E-state index contributed by atoms with van der Waals surface area (Å²) in [7, 11) is 0. The molecular weight excluding hydrogens is 430 g/mol. The molecule has 1 aliphatic rings. The summed E-state index contributed by atoms with van der Waals surface area (Å²) in [6, 6.07) is 32.2. The second-order valence-electron chi connectivity index (χ2n) is 8.41. The van der Waals surface area contributed by atoms with Gasteiger partial charge in [-0.15, -0.1) is 0 Å². The van der Waals surface area contributed by atoms with Gasteiger partial charge in [0.25, 0.3) is 5.91 Å². The minimum Gasteiger partial charge on any atom is -0.321 e. The van der Waals surface area contributed by atoms with Crippen LogP contribution in [0.25, 0.3) is 0 Å². The van der Waals surface area contributed by atoms with Crippen LogP contribution in [0.3, 0.4) is 0 Å². The van der Waals surface area contributed by atoms with E-state index in [1.807, 2.05) is 108 Å². The zero-order valence-corrected chi connectivity index (χ0v) is 18.9. The number of hydrogen-bond acceptors (Lipinski definition) is 2. The molecule has 0 fully saturated rings. The van der Waals surface area contributed by atoms with Gasteiger partial charge in [0.2, 0.25) is 0 Å². The summed E-state index contributed by atoms with van der Waals surface area (Å²) in [5.74, 6) is -0.0229. The summed E-state index contributed by atoms with van der Waals surface area (Å²) in [5, 5.41) is 0.658. The van der Waals surface area contributed by atoms with E-state index in [1.165, 1.54) is 0 Å². The normalized spacial score (nSPS) is 17.2. The number of rotatable bonds is 5. The molecule has 0 saturated heterocycles. The lowest BCUT2D eigenvalue weighted by Crippen LogP contribution is -2.41. The van der Waals surface area contributed by atoms with Crippen molar-refractivity contribution in [2.24, 2.45) is 0 Å². The van der Waals surface area contributed by atoms with Gasteiger partial charge in [-0.05, 0) is 41.8 Å². The SMILES string of the molecule is CC1(c2ccc(Cl)cc2)c2ccccc2C(=O)N1Cc1ccc(C(=O)c2ccccc2)cc1. The van der Waals surface area contributed by atoms with Crippen molar-refractivity contribution in [2.45, 2.75) is 19.0 Å². The number of carbonyl (C=O) groups is 2. The average molecular weight is 452 g/mol. The summed E-state index contributed by atoms with van der Waals surface area (Å²) in [4.78, 5) is 28.1. The van der Waals surface area contributed by atoms with Gasteiger partial charge < -0.3 is 4.90 Å². The van der Waals surface area contributed by atoms with Gasteiger partial charge in [-0.25, -0.2) is 0 Å². The first-order valence-electron chi connectivity index (χ1n) is 10.8. The summed E-state index contributed by atoms with van der Waals surface area (Å²) in [6.07, 6.45) is 0. The number of fused-ring (bicyclic) bond motifs is 1. The van der Waals surface area contributed by atoms with Gasteiger partial charge in [0, 0.05) is 28.3 Å². The van der Waals surface area contributed by atoms with Crippen molar-refractivity contribution in [3.63, 3.8) is 0 Å². The molecule has 0 bridgehead atoms. The second-order valence-corrected chi connectivity index (χ2v) is 8.84. The Morgan fingerprint density at radius 2 is 1.39 bits per heavy atom. The third-order valence-electron chi connectivity index (χ3n) is 6.47. The molecule has 1 unspecified atom stereocenters. The Bertz CT molecular complexity index is 1330. The average Bonchev–Trinajstić information content (AvgIpc) is 3.08. The Morgan fingerprint density at radius 3 is 2.09 bits per heavy atom. The lowest BCUT2D eigenvalue weighted by atomic mass is 9.84. The molecule has 162 valence electrons. The van der Waals surface area contributed by atoms with Crippen molar-refractivity contribution in [3.8, 4) is 0 Å². The van der Waals surface area contributed by atoms with Crippen molar-refractivity contribution in [2.75, 3.05) is 0 Å². The molecule has 0 radical (unpaired) electrons. The van der Waals surface area contributed by atoms with Crippen LogP contribution >= 0.6 is 11.6 Å². The van der Waals surface area contributed by atoms with Crippen LogP contribution in [0.1, 0.15) is 49.9 Å². The van der Waals surface area contributed by atoms with E-state index in [-0.39, 0.29) is 11.7 Å². The standard InChI is InChI=1S/C29H22ClNO2/c1-29(23-15-17-24(30)18-16-23)26-10-6-5-9-25(26)28(33)31(29)19-20-11-13-22(14-12-20)27(32)21-7-3-2-4-8-21/h2-18H,19H2,1H3. The Labute approximate surface area is 198 Å². The highest BCUT2D eigenvalue weighted by Crippen LogP contribution is 2.44. The van der Waals surface area contributed by atoms with Crippen molar-refractivity contribution in [3.05, 3.63) is 142 Å². The zero-order valence-electron chi connectivity index (χ0n) is 18.2. The lowest BCUT2D eigenvalue weighted by Gasteiger charge is -2.37. The topological polar surface area (TPSA) is 37.4 Å². The van der Waals surface area contributed by atoms with Gasteiger partial charge in [-0.1, -0.05) is 96.5 Å². The number of carbonyl (C=O) groups excluding carboxylic acids is 2. The fraction of sp³-hybridized carbons (Fsp3) is 0.103. The van der Waals surface area contributed by atoms with Crippen LogP contribution in [-0.4, -0.2) is 16.6 Å². The molecule has 0 aromatic heterocycles. The smallest absolute Gasteiger partial charge is 0.255 e. The highest BCUT2D eigenvalue weighted by molar-refractivity contribution is 6.30. The Kier molecular flexibility index (Phi) is 5.35.